The van der Waals surface area contributed by atoms with Gasteiger partial charge >= 0.3 is 0 Å². The Morgan fingerprint density at radius 1 is 1.38 bits per heavy atom. The van der Waals surface area contributed by atoms with Crippen LogP contribution in [0, 0.1) is 5.92 Å². The Kier molecular flexibility index (Phi) is 5.06. The van der Waals surface area contributed by atoms with Gasteiger partial charge in [0.15, 0.2) is 0 Å². The molecular weight excluding hydrogens is 164 g/mol. The molecule has 0 aliphatic carbocycles. The van der Waals surface area contributed by atoms with E-state index in [2.05, 4.69) is 6.92 Å². The Balaban J connectivity index is 2.07. The molecule has 0 amide bonds. The molecule has 0 aromatic rings. The Morgan fingerprint density at radius 3 is 2.77 bits per heavy atom. The van der Waals surface area contributed by atoms with E-state index in [1.165, 1.54) is 25.7 Å². The molecule has 2 nitrogen and oxygen atoms in total. The maximum Gasteiger partial charge on any atom is 0.125 e. The standard InChI is InChI=1S/C11H20O2/c1-2-3-4-5-11-7-6-10(8-12)9-13-11/h8,10-11H,2-7,9H2,1H3/t10-,11?/m1/s1. The van der Waals surface area contributed by atoms with E-state index in [4.69, 9.17) is 4.74 Å². The number of carbonyl (C=O) groups excluding carboxylic acids is 1. The highest BCUT2D eigenvalue weighted by Crippen LogP contribution is 2.21. The third kappa shape index (κ3) is 3.90. The number of aldehydes is 1. The van der Waals surface area contributed by atoms with E-state index in [9.17, 15) is 4.79 Å². The number of hydrogen-bond donors (Lipinski definition) is 0. The van der Waals surface area contributed by atoms with E-state index in [0.717, 1.165) is 19.1 Å². The van der Waals surface area contributed by atoms with Crippen molar-refractivity contribution in [1.82, 2.24) is 0 Å². The average molecular weight is 184 g/mol. The third-order valence-electron chi connectivity index (χ3n) is 2.73. The predicted octanol–water partition coefficient (Wildman–Crippen LogP) is 2.56. The quantitative estimate of drug-likeness (QED) is 0.485. The van der Waals surface area contributed by atoms with Crippen LogP contribution >= 0.6 is 0 Å². The molecule has 1 rings (SSSR count). The zero-order valence-electron chi connectivity index (χ0n) is 8.50. The lowest BCUT2D eigenvalue weighted by Crippen LogP contribution is -2.26. The topological polar surface area (TPSA) is 26.3 Å². The van der Waals surface area contributed by atoms with Gasteiger partial charge in [-0.25, -0.2) is 0 Å². The van der Waals surface area contributed by atoms with Crippen molar-refractivity contribution >= 4 is 6.29 Å². The fraction of sp³-hybridized carbons (Fsp3) is 0.909. The van der Waals surface area contributed by atoms with Gasteiger partial charge in [0.1, 0.15) is 6.29 Å². The van der Waals surface area contributed by atoms with Crippen molar-refractivity contribution in [2.24, 2.45) is 5.92 Å². The molecule has 13 heavy (non-hydrogen) atoms. The van der Waals surface area contributed by atoms with Crippen LogP contribution in [0.4, 0.5) is 0 Å². The second-order valence-corrected chi connectivity index (χ2v) is 3.92. The summed E-state index contributed by atoms with van der Waals surface area (Å²) in [6.07, 6.45) is 8.59. The molecule has 1 aliphatic rings. The summed E-state index contributed by atoms with van der Waals surface area (Å²) in [6, 6.07) is 0. The van der Waals surface area contributed by atoms with Crippen LogP contribution in [0.3, 0.4) is 0 Å². The van der Waals surface area contributed by atoms with Gasteiger partial charge in [-0.2, -0.15) is 0 Å². The molecule has 0 spiro atoms. The summed E-state index contributed by atoms with van der Waals surface area (Å²) >= 11 is 0. The maximum absolute atomic E-state index is 10.4. The first-order valence-electron chi connectivity index (χ1n) is 5.43. The Labute approximate surface area is 80.7 Å². The number of ether oxygens (including phenoxy) is 1. The minimum Gasteiger partial charge on any atom is -0.377 e. The first-order chi connectivity index (χ1) is 6.36. The molecule has 1 saturated heterocycles. The summed E-state index contributed by atoms with van der Waals surface area (Å²) in [5.41, 5.74) is 0. The van der Waals surface area contributed by atoms with Crippen LogP contribution in [0.1, 0.15) is 45.4 Å². The molecule has 0 radical (unpaired) electrons. The summed E-state index contributed by atoms with van der Waals surface area (Å²) in [4.78, 5) is 10.4. The smallest absolute Gasteiger partial charge is 0.125 e. The number of carbonyl (C=O) groups is 1. The summed E-state index contributed by atoms with van der Waals surface area (Å²) in [5.74, 6) is 0.169. The monoisotopic (exact) mass is 184 g/mol. The van der Waals surface area contributed by atoms with E-state index >= 15 is 0 Å². The van der Waals surface area contributed by atoms with Crippen LogP contribution in [0.25, 0.3) is 0 Å². The van der Waals surface area contributed by atoms with Gasteiger partial charge in [0.05, 0.1) is 12.7 Å². The summed E-state index contributed by atoms with van der Waals surface area (Å²) in [7, 11) is 0. The second-order valence-electron chi connectivity index (χ2n) is 3.92. The van der Waals surface area contributed by atoms with Crippen molar-refractivity contribution < 1.29 is 9.53 Å². The molecule has 1 unspecified atom stereocenters. The number of unbranched alkanes of at least 4 members (excludes halogenated alkanes) is 2. The predicted molar refractivity (Wildman–Crippen MR) is 52.7 cm³/mol. The van der Waals surface area contributed by atoms with Gasteiger partial charge in [-0.15, -0.1) is 0 Å². The SMILES string of the molecule is CCCCCC1CC[C@H](C=O)CO1. The van der Waals surface area contributed by atoms with Gasteiger partial charge in [-0.3, -0.25) is 0 Å². The zero-order chi connectivity index (χ0) is 9.52. The van der Waals surface area contributed by atoms with E-state index in [1.807, 2.05) is 0 Å². The summed E-state index contributed by atoms with van der Waals surface area (Å²) < 4.78 is 5.60. The highest BCUT2D eigenvalue weighted by molar-refractivity contribution is 5.53. The van der Waals surface area contributed by atoms with E-state index in [0.29, 0.717) is 12.7 Å². The van der Waals surface area contributed by atoms with Crippen LogP contribution in [-0.4, -0.2) is 19.0 Å². The molecule has 1 fully saturated rings. The third-order valence-corrected chi connectivity index (χ3v) is 2.73. The molecule has 2 heteroatoms. The van der Waals surface area contributed by atoms with Crippen LogP contribution in [-0.2, 0) is 9.53 Å². The Morgan fingerprint density at radius 2 is 2.23 bits per heavy atom. The van der Waals surface area contributed by atoms with Crippen LogP contribution in [0.15, 0.2) is 0 Å². The van der Waals surface area contributed by atoms with Crippen molar-refractivity contribution in [3.63, 3.8) is 0 Å². The first kappa shape index (κ1) is 10.7. The molecule has 1 heterocycles. The van der Waals surface area contributed by atoms with Gasteiger partial charge in [0.2, 0.25) is 0 Å². The van der Waals surface area contributed by atoms with Crippen LogP contribution < -0.4 is 0 Å². The molecule has 0 aromatic heterocycles. The lowest BCUT2D eigenvalue weighted by molar-refractivity contribution is -0.117. The zero-order valence-corrected chi connectivity index (χ0v) is 8.50. The minimum absolute atomic E-state index is 0.169. The molecule has 0 N–H and O–H groups in total. The van der Waals surface area contributed by atoms with Gasteiger partial charge in [-0.1, -0.05) is 26.2 Å². The summed E-state index contributed by atoms with van der Waals surface area (Å²) in [6.45, 7) is 2.87. The number of rotatable bonds is 5. The van der Waals surface area contributed by atoms with Gasteiger partial charge < -0.3 is 9.53 Å². The first-order valence-corrected chi connectivity index (χ1v) is 5.43. The van der Waals surface area contributed by atoms with Gasteiger partial charge in [0, 0.05) is 5.92 Å². The number of hydrogen-bond acceptors (Lipinski definition) is 2. The maximum atomic E-state index is 10.4. The van der Waals surface area contributed by atoms with Gasteiger partial charge in [-0.05, 0) is 19.3 Å². The molecule has 0 saturated carbocycles. The molecule has 2 atom stereocenters. The highest BCUT2D eigenvalue weighted by Gasteiger charge is 2.20. The molecule has 0 aromatic carbocycles. The van der Waals surface area contributed by atoms with Crippen LogP contribution in [0.5, 0.6) is 0 Å². The summed E-state index contributed by atoms with van der Waals surface area (Å²) in [5, 5.41) is 0. The second kappa shape index (κ2) is 6.14. The highest BCUT2D eigenvalue weighted by atomic mass is 16.5. The van der Waals surface area contributed by atoms with E-state index in [1.54, 1.807) is 0 Å². The molecule has 1 aliphatic heterocycles. The van der Waals surface area contributed by atoms with E-state index in [-0.39, 0.29) is 5.92 Å². The molecular formula is C11H20O2. The van der Waals surface area contributed by atoms with Crippen molar-refractivity contribution in [3.8, 4) is 0 Å². The van der Waals surface area contributed by atoms with Crippen molar-refractivity contribution in [2.75, 3.05) is 6.61 Å². The van der Waals surface area contributed by atoms with Crippen LogP contribution in [0.2, 0.25) is 0 Å². The fourth-order valence-corrected chi connectivity index (χ4v) is 1.78. The van der Waals surface area contributed by atoms with Gasteiger partial charge in [0.25, 0.3) is 0 Å². The Bertz CT molecular complexity index is 137. The average Bonchev–Trinajstić information content (AvgIpc) is 2.19. The minimum atomic E-state index is 0.169. The van der Waals surface area contributed by atoms with E-state index < -0.39 is 0 Å². The normalized spacial score (nSPS) is 28.7. The lowest BCUT2D eigenvalue weighted by Gasteiger charge is -2.26. The molecule has 76 valence electrons. The van der Waals surface area contributed by atoms with Crippen molar-refractivity contribution in [3.05, 3.63) is 0 Å². The van der Waals surface area contributed by atoms with Crippen molar-refractivity contribution in [1.29, 1.82) is 0 Å². The van der Waals surface area contributed by atoms with Crippen molar-refractivity contribution in [2.45, 2.75) is 51.6 Å². The largest absolute Gasteiger partial charge is 0.377 e. The lowest BCUT2D eigenvalue weighted by atomic mass is 9.97. The fourth-order valence-electron chi connectivity index (χ4n) is 1.78. The Hall–Kier alpha value is -0.370. The molecule has 0 bridgehead atoms.